The fourth-order valence-corrected chi connectivity index (χ4v) is 1.58. The minimum Gasteiger partial charge on any atom is -0.465 e. The highest BCUT2D eigenvalue weighted by Gasteiger charge is 2.48. The van der Waals surface area contributed by atoms with Crippen LogP contribution in [0.2, 0.25) is 0 Å². The maximum Gasteiger partial charge on any atom is 0.423 e. The Morgan fingerprint density at radius 1 is 1.14 bits per heavy atom. The quantitative estimate of drug-likeness (QED) is 0.363. The number of methoxy groups -OCH3 is 1. The molecule has 0 aliphatic carbocycles. The zero-order valence-corrected chi connectivity index (χ0v) is 10.0. The van der Waals surface area contributed by atoms with Crippen molar-refractivity contribution < 1.29 is 40.8 Å². The molecule has 0 fully saturated rings. The van der Waals surface area contributed by atoms with E-state index in [9.17, 15) is 41.3 Å². The van der Waals surface area contributed by atoms with Crippen LogP contribution in [0, 0.1) is 10.1 Å². The number of hydrogen-bond donors (Lipinski definition) is 0. The third-order valence-corrected chi connectivity index (χ3v) is 2.36. The Hall–Kier alpha value is -2.33. The summed E-state index contributed by atoms with van der Waals surface area (Å²) in [7, 11) is 0.557. The zero-order chi connectivity index (χ0) is 16.6. The van der Waals surface area contributed by atoms with E-state index >= 15 is 0 Å². The third-order valence-electron chi connectivity index (χ3n) is 2.36. The zero-order valence-electron chi connectivity index (χ0n) is 10.0. The van der Waals surface area contributed by atoms with Crippen molar-refractivity contribution in [2.75, 3.05) is 7.11 Å². The van der Waals surface area contributed by atoms with Gasteiger partial charge in [-0.2, -0.15) is 26.3 Å². The molecule has 0 unspecified atom stereocenters. The average molecular weight is 317 g/mol. The van der Waals surface area contributed by atoms with Crippen LogP contribution in [0.25, 0.3) is 0 Å². The highest BCUT2D eigenvalue weighted by molar-refractivity contribution is 5.94. The Morgan fingerprint density at radius 3 is 2.00 bits per heavy atom. The maximum absolute atomic E-state index is 12.9. The predicted molar refractivity (Wildman–Crippen MR) is 54.4 cm³/mol. The largest absolute Gasteiger partial charge is 0.465 e. The average Bonchev–Trinajstić information content (AvgIpc) is 2.33. The molecular formula is C10H5F6NO4. The summed E-state index contributed by atoms with van der Waals surface area (Å²) in [5.41, 5.74) is -7.87. The lowest BCUT2D eigenvalue weighted by atomic mass is 9.98. The van der Waals surface area contributed by atoms with Crippen molar-refractivity contribution >= 4 is 11.7 Å². The first kappa shape index (κ1) is 16.7. The molecule has 0 aliphatic rings. The van der Waals surface area contributed by atoms with Gasteiger partial charge in [0.2, 0.25) is 0 Å². The van der Waals surface area contributed by atoms with Crippen molar-refractivity contribution in [1.29, 1.82) is 0 Å². The van der Waals surface area contributed by atoms with Crippen molar-refractivity contribution in [2.24, 2.45) is 0 Å². The molecule has 0 aliphatic heterocycles. The first-order chi connectivity index (χ1) is 9.41. The molecule has 0 aromatic heterocycles. The van der Waals surface area contributed by atoms with E-state index in [1.807, 2.05) is 0 Å². The Bertz CT molecular complexity index is 592. The van der Waals surface area contributed by atoms with E-state index in [-0.39, 0.29) is 12.1 Å². The molecular weight excluding hydrogens is 312 g/mol. The van der Waals surface area contributed by atoms with Crippen LogP contribution < -0.4 is 0 Å². The van der Waals surface area contributed by atoms with E-state index in [0.717, 1.165) is 0 Å². The minimum atomic E-state index is -5.55. The lowest BCUT2D eigenvalue weighted by Gasteiger charge is -2.17. The molecule has 0 saturated carbocycles. The second-order valence-electron chi connectivity index (χ2n) is 3.63. The molecule has 0 bridgehead atoms. The van der Waals surface area contributed by atoms with Gasteiger partial charge < -0.3 is 4.74 Å². The van der Waals surface area contributed by atoms with Crippen LogP contribution in [0.15, 0.2) is 12.1 Å². The van der Waals surface area contributed by atoms with E-state index in [1.54, 1.807) is 0 Å². The summed E-state index contributed by atoms with van der Waals surface area (Å²) in [5, 5.41) is 10.6. The Morgan fingerprint density at radius 2 is 1.67 bits per heavy atom. The number of nitrogens with zero attached hydrogens (tertiary/aromatic N) is 1. The fraction of sp³-hybridized carbons (Fsp3) is 0.300. The number of nitro benzene ring substituents is 1. The van der Waals surface area contributed by atoms with Gasteiger partial charge in [0.05, 0.1) is 23.2 Å². The number of rotatable bonds is 2. The molecule has 5 nitrogen and oxygen atoms in total. The summed E-state index contributed by atoms with van der Waals surface area (Å²) in [6.45, 7) is 0. The van der Waals surface area contributed by atoms with Crippen molar-refractivity contribution in [3.63, 3.8) is 0 Å². The minimum absolute atomic E-state index is 0.0274. The highest BCUT2D eigenvalue weighted by Crippen LogP contribution is 2.44. The lowest BCUT2D eigenvalue weighted by Crippen LogP contribution is -2.22. The van der Waals surface area contributed by atoms with Crippen LogP contribution in [-0.2, 0) is 17.1 Å². The predicted octanol–water partition coefficient (Wildman–Crippen LogP) is 3.42. The number of benzene rings is 1. The van der Waals surface area contributed by atoms with Gasteiger partial charge in [-0.05, 0) is 6.07 Å². The second kappa shape index (κ2) is 5.22. The summed E-state index contributed by atoms with van der Waals surface area (Å²) in [6, 6.07) is 0.0672. The molecule has 0 radical (unpaired) electrons. The number of alkyl halides is 6. The molecule has 116 valence electrons. The summed E-state index contributed by atoms with van der Waals surface area (Å²) >= 11 is 0. The first-order valence-corrected chi connectivity index (χ1v) is 4.95. The summed E-state index contributed by atoms with van der Waals surface area (Å²) in [5.74, 6) is -1.97. The molecule has 1 rings (SSSR count). The highest BCUT2D eigenvalue weighted by atomic mass is 19.4. The van der Waals surface area contributed by atoms with Crippen molar-refractivity contribution in [2.45, 2.75) is 12.4 Å². The lowest BCUT2D eigenvalue weighted by molar-refractivity contribution is -0.388. The monoisotopic (exact) mass is 317 g/mol. The van der Waals surface area contributed by atoms with Crippen LogP contribution in [0.5, 0.6) is 0 Å². The smallest absolute Gasteiger partial charge is 0.423 e. The summed E-state index contributed by atoms with van der Waals surface area (Å²) < 4.78 is 80.5. The second-order valence-corrected chi connectivity index (χ2v) is 3.63. The van der Waals surface area contributed by atoms with E-state index < -0.39 is 45.6 Å². The molecule has 0 spiro atoms. The molecule has 11 heteroatoms. The molecule has 0 saturated heterocycles. The van der Waals surface area contributed by atoms with Gasteiger partial charge in [0.15, 0.2) is 0 Å². The molecule has 1 aromatic rings. The number of carbonyl (C=O) groups excluding carboxylic acids is 1. The van der Waals surface area contributed by atoms with Gasteiger partial charge in [0.25, 0.3) is 5.69 Å². The van der Waals surface area contributed by atoms with Crippen molar-refractivity contribution in [3.05, 3.63) is 38.9 Å². The topological polar surface area (TPSA) is 69.4 Å². The molecule has 0 amide bonds. The normalized spacial score (nSPS) is 12.1. The molecule has 0 heterocycles. The number of nitro groups is 1. The van der Waals surface area contributed by atoms with Crippen LogP contribution in [-0.4, -0.2) is 18.0 Å². The van der Waals surface area contributed by atoms with Gasteiger partial charge in [0.1, 0.15) is 5.56 Å². The Kier molecular flexibility index (Phi) is 4.16. The Balaban J connectivity index is 3.92. The van der Waals surface area contributed by atoms with E-state index in [0.29, 0.717) is 7.11 Å². The van der Waals surface area contributed by atoms with Gasteiger partial charge in [-0.3, -0.25) is 10.1 Å². The van der Waals surface area contributed by atoms with E-state index in [2.05, 4.69) is 4.74 Å². The fourth-order valence-electron chi connectivity index (χ4n) is 1.58. The number of halogens is 6. The number of esters is 1. The Labute approximate surface area is 112 Å². The van der Waals surface area contributed by atoms with Crippen LogP contribution in [0.1, 0.15) is 21.5 Å². The number of carbonyl (C=O) groups is 1. The molecule has 0 atom stereocenters. The van der Waals surface area contributed by atoms with Gasteiger partial charge >= 0.3 is 18.3 Å². The maximum atomic E-state index is 12.9. The van der Waals surface area contributed by atoms with Crippen LogP contribution in [0.4, 0.5) is 32.0 Å². The summed E-state index contributed by atoms with van der Waals surface area (Å²) in [6.07, 6.45) is -10.9. The van der Waals surface area contributed by atoms with Crippen LogP contribution >= 0.6 is 0 Å². The van der Waals surface area contributed by atoms with Gasteiger partial charge in [0, 0.05) is 6.07 Å². The standard InChI is InChI=1S/C10H5F6NO4/c1-21-8(18)6-4(9(11,12)13)2-3-5(17(19)20)7(6)10(14,15)16/h2-3H,1H3. The van der Waals surface area contributed by atoms with Crippen molar-refractivity contribution in [3.8, 4) is 0 Å². The van der Waals surface area contributed by atoms with Gasteiger partial charge in [-0.25, -0.2) is 4.79 Å². The molecule has 0 N–H and O–H groups in total. The summed E-state index contributed by atoms with van der Waals surface area (Å²) in [4.78, 5) is 20.3. The van der Waals surface area contributed by atoms with E-state index in [1.165, 1.54) is 0 Å². The molecule has 21 heavy (non-hydrogen) atoms. The van der Waals surface area contributed by atoms with Crippen LogP contribution in [0.3, 0.4) is 0 Å². The van der Waals surface area contributed by atoms with Crippen molar-refractivity contribution in [1.82, 2.24) is 0 Å². The SMILES string of the molecule is COC(=O)c1c(C(F)(F)F)ccc([N+](=O)[O-])c1C(F)(F)F. The van der Waals surface area contributed by atoms with Gasteiger partial charge in [-0.1, -0.05) is 0 Å². The first-order valence-electron chi connectivity index (χ1n) is 4.95. The number of ether oxygens (including phenoxy) is 1. The number of hydrogen-bond acceptors (Lipinski definition) is 4. The van der Waals surface area contributed by atoms with Gasteiger partial charge in [-0.15, -0.1) is 0 Å². The third kappa shape index (κ3) is 3.23. The molecule has 1 aromatic carbocycles. The van der Waals surface area contributed by atoms with E-state index in [4.69, 9.17) is 0 Å².